The molecule has 1 fully saturated rings. The maximum Gasteiger partial charge on any atom is 0.272 e. The number of benzene rings is 1. The SMILES string of the molecule is NC(=O)CN(NC(=O)[C@@H]1CCCN1S(=O)(=O)c1ccccc1)C(=O)CF. The average Bonchev–Trinajstić information content (AvgIpc) is 3.11. The first-order valence-corrected chi connectivity index (χ1v) is 9.23. The first-order valence-electron chi connectivity index (χ1n) is 7.79. The smallest absolute Gasteiger partial charge is 0.272 e. The predicted molar refractivity (Wildman–Crippen MR) is 88.4 cm³/mol. The number of rotatable bonds is 6. The first-order chi connectivity index (χ1) is 12.3. The summed E-state index contributed by atoms with van der Waals surface area (Å²) < 4.78 is 39.1. The molecule has 1 aromatic carbocycles. The molecule has 1 aliphatic heterocycles. The first kappa shape index (κ1) is 19.8. The normalized spacial score (nSPS) is 17.7. The summed E-state index contributed by atoms with van der Waals surface area (Å²) in [5.41, 5.74) is 7.07. The third-order valence-corrected chi connectivity index (χ3v) is 5.75. The molecule has 1 atom stereocenters. The van der Waals surface area contributed by atoms with Crippen molar-refractivity contribution in [1.29, 1.82) is 0 Å². The fourth-order valence-corrected chi connectivity index (χ4v) is 4.32. The van der Waals surface area contributed by atoms with Crippen LogP contribution < -0.4 is 11.2 Å². The fourth-order valence-electron chi connectivity index (χ4n) is 2.64. The van der Waals surface area contributed by atoms with Crippen molar-refractivity contribution in [3.05, 3.63) is 30.3 Å². The van der Waals surface area contributed by atoms with E-state index >= 15 is 0 Å². The molecule has 3 N–H and O–H groups in total. The van der Waals surface area contributed by atoms with Gasteiger partial charge in [0.2, 0.25) is 15.9 Å². The van der Waals surface area contributed by atoms with Crippen molar-refractivity contribution in [2.24, 2.45) is 5.73 Å². The van der Waals surface area contributed by atoms with Gasteiger partial charge in [-0.2, -0.15) is 4.31 Å². The van der Waals surface area contributed by atoms with Gasteiger partial charge in [0.15, 0.2) is 6.67 Å². The van der Waals surface area contributed by atoms with Crippen LogP contribution in [-0.4, -0.2) is 61.3 Å². The maximum atomic E-state index is 12.7. The van der Waals surface area contributed by atoms with Crippen LogP contribution in [0.5, 0.6) is 0 Å². The summed E-state index contributed by atoms with van der Waals surface area (Å²) in [4.78, 5) is 35.0. The molecule has 2 rings (SSSR count). The number of hydrazine groups is 1. The van der Waals surface area contributed by atoms with E-state index in [0.29, 0.717) is 11.4 Å². The van der Waals surface area contributed by atoms with Gasteiger partial charge < -0.3 is 5.73 Å². The lowest BCUT2D eigenvalue weighted by molar-refractivity contribution is -0.145. The predicted octanol–water partition coefficient (Wildman–Crippen LogP) is -0.846. The molecule has 0 bridgehead atoms. The van der Waals surface area contributed by atoms with Crippen LogP contribution in [0.3, 0.4) is 0 Å². The highest BCUT2D eigenvalue weighted by Crippen LogP contribution is 2.26. The minimum Gasteiger partial charge on any atom is -0.368 e. The topological polar surface area (TPSA) is 130 Å². The third-order valence-electron chi connectivity index (χ3n) is 3.83. The Labute approximate surface area is 150 Å². The Hall–Kier alpha value is -2.53. The van der Waals surface area contributed by atoms with Gasteiger partial charge >= 0.3 is 0 Å². The molecule has 142 valence electrons. The van der Waals surface area contributed by atoms with Crippen molar-refractivity contribution in [3.8, 4) is 0 Å². The molecule has 1 aromatic rings. The van der Waals surface area contributed by atoms with Gasteiger partial charge in [-0.25, -0.2) is 17.8 Å². The Bertz CT molecular complexity index is 786. The Balaban J connectivity index is 2.19. The zero-order valence-electron chi connectivity index (χ0n) is 13.8. The van der Waals surface area contributed by atoms with Gasteiger partial charge in [-0.05, 0) is 25.0 Å². The number of nitrogens with zero attached hydrogens (tertiary/aromatic N) is 2. The number of alkyl halides is 1. The highest BCUT2D eigenvalue weighted by atomic mass is 32.2. The second-order valence-electron chi connectivity index (χ2n) is 5.64. The molecule has 0 aromatic heterocycles. The molecule has 0 saturated carbocycles. The van der Waals surface area contributed by atoms with Gasteiger partial charge in [-0.15, -0.1) is 0 Å². The van der Waals surface area contributed by atoms with Gasteiger partial charge in [-0.3, -0.25) is 19.8 Å². The number of hydrogen-bond donors (Lipinski definition) is 2. The lowest BCUT2D eigenvalue weighted by atomic mass is 10.2. The molecular formula is C15H19FN4O5S. The van der Waals surface area contributed by atoms with E-state index < -0.39 is 47.0 Å². The summed E-state index contributed by atoms with van der Waals surface area (Å²) in [6.45, 7) is -2.03. The van der Waals surface area contributed by atoms with E-state index in [4.69, 9.17) is 5.73 Å². The highest BCUT2D eigenvalue weighted by Gasteiger charge is 2.40. The van der Waals surface area contributed by atoms with Crippen molar-refractivity contribution in [2.75, 3.05) is 19.8 Å². The molecule has 0 spiro atoms. The van der Waals surface area contributed by atoms with Gasteiger partial charge in [0.1, 0.15) is 12.6 Å². The monoisotopic (exact) mass is 386 g/mol. The molecule has 0 unspecified atom stereocenters. The summed E-state index contributed by atoms with van der Waals surface area (Å²) in [6, 6.07) is 6.53. The number of carbonyl (C=O) groups excluding carboxylic acids is 3. The minimum absolute atomic E-state index is 0.0357. The molecule has 1 heterocycles. The van der Waals surface area contributed by atoms with Crippen LogP contribution in [0.4, 0.5) is 4.39 Å². The van der Waals surface area contributed by atoms with E-state index in [-0.39, 0.29) is 17.9 Å². The summed E-state index contributed by atoms with van der Waals surface area (Å²) in [5.74, 6) is -2.94. The van der Waals surface area contributed by atoms with E-state index in [9.17, 15) is 27.2 Å². The van der Waals surface area contributed by atoms with Crippen molar-refractivity contribution < 1.29 is 27.2 Å². The largest absolute Gasteiger partial charge is 0.368 e. The summed E-state index contributed by atoms with van der Waals surface area (Å²) in [7, 11) is -3.91. The number of hydrogen-bond acceptors (Lipinski definition) is 5. The number of amides is 3. The molecule has 26 heavy (non-hydrogen) atoms. The van der Waals surface area contributed by atoms with Crippen LogP contribution in [0.2, 0.25) is 0 Å². The van der Waals surface area contributed by atoms with Gasteiger partial charge in [0, 0.05) is 6.54 Å². The van der Waals surface area contributed by atoms with E-state index in [0.717, 1.165) is 4.31 Å². The Morgan fingerprint density at radius 3 is 2.50 bits per heavy atom. The van der Waals surface area contributed by atoms with Crippen LogP contribution in [0.25, 0.3) is 0 Å². The molecule has 11 heteroatoms. The van der Waals surface area contributed by atoms with Gasteiger partial charge in [0.05, 0.1) is 4.90 Å². The van der Waals surface area contributed by atoms with Crippen molar-refractivity contribution >= 4 is 27.7 Å². The maximum absolute atomic E-state index is 12.7. The standard InChI is InChI=1S/C15H19FN4O5S/c16-9-14(22)19(10-13(17)21)18-15(23)12-7-4-8-20(12)26(24,25)11-5-2-1-3-6-11/h1-3,5-6,12H,4,7-10H2,(H2,17,21)(H,18,23)/t12-/m0/s1. The second kappa shape index (κ2) is 8.23. The van der Waals surface area contributed by atoms with E-state index in [1.54, 1.807) is 18.2 Å². The van der Waals surface area contributed by atoms with Gasteiger partial charge in [-0.1, -0.05) is 18.2 Å². The minimum atomic E-state index is -3.91. The van der Waals surface area contributed by atoms with Crippen molar-refractivity contribution in [2.45, 2.75) is 23.8 Å². The lowest BCUT2D eigenvalue weighted by Crippen LogP contribution is -2.55. The number of primary amides is 1. The zero-order chi connectivity index (χ0) is 19.3. The van der Waals surface area contributed by atoms with E-state index in [2.05, 4.69) is 5.43 Å². The molecular weight excluding hydrogens is 367 g/mol. The lowest BCUT2D eigenvalue weighted by Gasteiger charge is -2.27. The Kier molecular flexibility index (Phi) is 6.27. The number of nitrogens with one attached hydrogen (secondary N) is 1. The number of halogens is 1. The summed E-state index contributed by atoms with van der Waals surface area (Å²) in [6.07, 6.45) is 0.670. The van der Waals surface area contributed by atoms with E-state index in [1.165, 1.54) is 12.1 Å². The molecule has 0 radical (unpaired) electrons. The molecule has 0 aliphatic carbocycles. The van der Waals surface area contributed by atoms with Crippen LogP contribution in [-0.2, 0) is 24.4 Å². The molecule has 9 nitrogen and oxygen atoms in total. The number of nitrogens with two attached hydrogens (primary N) is 1. The van der Waals surface area contributed by atoms with Crippen LogP contribution >= 0.6 is 0 Å². The van der Waals surface area contributed by atoms with E-state index in [1.807, 2.05) is 0 Å². The van der Waals surface area contributed by atoms with Crippen molar-refractivity contribution in [1.82, 2.24) is 14.7 Å². The quantitative estimate of drug-likeness (QED) is 0.616. The van der Waals surface area contributed by atoms with Crippen LogP contribution in [0.1, 0.15) is 12.8 Å². The number of carbonyl (C=O) groups is 3. The second-order valence-corrected chi connectivity index (χ2v) is 7.53. The zero-order valence-corrected chi connectivity index (χ0v) is 14.6. The summed E-state index contributed by atoms with van der Waals surface area (Å²) in [5, 5.41) is 0.455. The third kappa shape index (κ3) is 4.35. The Morgan fingerprint density at radius 1 is 1.27 bits per heavy atom. The fraction of sp³-hybridized carbons (Fsp3) is 0.400. The average molecular weight is 386 g/mol. The molecule has 1 saturated heterocycles. The number of sulfonamides is 1. The van der Waals surface area contributed by atoms with Crippen LogP contribution in [0, 0.1) is 0 Å². The van der Waals surface area contributed by atoms with Crippen molar-refractivity contribution in [3.63, 3.8) is 0 Å². The van der Waals surface area contributed by atoms with Crippen LogP contribution in [0.15, 0.2) is 35.2 Å². The van der Waals surface area contributed by atoms with Gasteiger partial charge in [0.25, 0.3) is 11.8 Å². The Morgan fingerprint density at radius 2 is 1.92 bits per heavy atom. The summed E-state index contributed by atoms with van der Waals surface area (Å²) >= 11 is 0. The molecule has 3 amide bonds. The molecule has 1 aliphatic rings. The highest BCUT2D eigenvalue weighted by molar-refractivity contribution is 7.89.